The Labute approximate surface area is 95.0 Å². The highest BCUT2D eigenvalue weighted by Gasteiger charge is 2.43. The summed E-state index contributed by atoms with van der Waals surface area (Å²) in [5.41, 5.74) is 0. The zero-order chi connectivity index (χ0) is 10.9. The largest absolute Gasteiger partial charge is 0.480 e. The van der Waals surface area contributed by atoms with E-state index in [2.05, 4.69) is 12.2 Å². The third-order valence-corrected chi connectivity index (χ3v) is 5.39. The summed E-state index contributed by atoms with van der Waals surface area (Å²) in [4.78, 5) is 11.1. The molecule has 1 heterocycles. The van der Waals surface area contributed by atoms with E-state index in [1.54, 1.807) is 0 Å². The summed E-state index contributed by atoms with van der Waals surface area (Å²) in [5.74, 6) is 0.889. The van der Waals surface area contributed by atoms with Crippen LogP contribution >= 0.6 is 11.8 Å². The van der Waals surface area contributed by atoms with Gasteiger partial charge in [0.15, 0.2) is 0 Å². The van der Waals surface area contributed by atoms with Crippen molar-refractivity contribution in [2.75, 3.05) is 5.75 Å². The molecule has 3 unspecified atom stereocenters. The first-order valence-electron chi connectivity index (χ1n) is 5.78. The molecule has 0 aromatic rings. The number of rotatable bonds is 1. The second kappa shape index (κ2) is 4.34. The lowest BCUT2D eigenvalue weighted by molar-refractivity contribution is -0.140. The molecule has 0 aromatic carbocycles. The molecule has 1 aliphatic heterocycles. The number of carboxylic acid groups (broad SMARTS) is 1. The van der Waals surface area contributed by atoms with E-state index in [1.807, 2.05) is 11.8 Å². The van der Waals surface area contributed by atoms with Crippen LogP contribution in [0.2, 0.25) is 0 Å². The first-order valence-corrected chi connectivity index (χ1v) is 6.77. The molecule has 3 atom stereocenters. The van der Waals surface area contributed by atoms with E-state index in [4.69, 9.17) is 5.11 Å². The zero-order valence-corrected chi connectivity index (χ0v) is 9.98. The van der Waals surface area contributed by atoms with Crippen molar-refractivity contribution in [1.29, 1.82) is 0 Å². The van der Waals surface area contributed by atoms with Gasteiger partial charge < -0.3 is 5.11 Å². The van der Waals surface area contributed by atoms with Gasteiger partial charge in [-0.1, -0.05) is 19.8 Å². The number of nitrogens with one attached hydrogen (secondary N) is 1. The van der Waals surface area contributed by atoms with Crippen LogP contribution < -0.4 is 5.32 Å². The SMILES string of the molecule is CC1CCCCC12NC(C(=O)O)CCS2. The van der Waals surface area contributed by atoms with E-state index in [1.165, 1.54) is 19.3 Å². The van der Waals surface area contributed by atoms with Crippen molar-refractivity contribution < 1.29 is 9.90 Å². The van der Waals surface area contributed by atoms with Crippen LogP contribution in [0.25, 0.3) is 0 Å². The van der Waals surface area contributed by atoms with Gasteiger partial charge in [0, 0.05) is 0 Å². The summed E-state index contributed by atoms with van der Waals surface area (Å²) in [6, 6.07) is -0.327. The van der Waals surface area contributed by atoms with Gasteiger partial charge in [-0.05, 0) is 30.9 Å². The van der Waals surface area contributed by atoms with Gasteiger partial charge in [0.05, 0.1) is 4.87 Å². The van der Waals surface area contributed by atoms with Gasteiger partial charge in [0.2, 0.25) is 0 Å². The number of hydrogen-bond acceptors (Lipinski definition) is 3. The van der Waals surface area contributed by atoms with Crippen LogP contribution in [0.1, 0.15) is 39.0 Å². The lowest BCUT2D eigenvalue weighted by Gasteiger charge is -2.47. The summed E-state index contributed by atoms with van der Waals surface area (Å²) < 4.78 is 0. The molecule has 86 valence electrons. The number of hydrogen-bond donors (Lipinski definition) is 2. The first-order chi connectivity index (χ1) is 7.14. The maximum absolute atomic E-state index is 11.0. The van der Waals surface area contributed by atoms with E-state index in [0.717, 1.165) is 18.6 Å². The van der Waals surface area contributed by atoms with Crippen molar-refractivity contribution in [3.63, 3.8) is 0 Å². The molecule has 0 aromatic heterocycles. The Hall–Kier alpha value is -0.220. The Morgan fingerprint density at radius 2 is 2.27 bits per heavy atom. The van der Waals surface area contributed by atoms with Crippen LogP contribution in [0.4, 0.5) is 0 Å². The van der Waals surface area contributed by atoms with Gasteiger partial charge >= 0.3 is 5.97 Å². The standard InChI is InChI=1S/C11H19NO2S/c1-8-4-2-3-6-11(8)12-9(10(13)14)5-7-15-11/h8-9,12H,2-7H2,1H3,(H,13,14). The highest BCUT2D eigenvalue weighted by atomic mass is 32.2. The lowest BCUT2D eigenvalue weighted by Crippen LogP contribution is -2.58. The lowest BCUT2D eigenvalue weighted by atomic mass is 9.84. The predicted octanol–water partition coefficient (Wildman–Crippen LogP) is 2.07. The van der Waals surface area contributed by atoms with Crippen molar-refractivity contribution in [3.8, 4) is 0 Å². The second-order valence-electron chi connectivity index (χ2n) is 4.71. The molecule has 3 nitrogen and oxygen atoms in total. The third kappa shape index (κ3) is 2.16. The van der Waals surface area contributed by atoms with Crippen molar-refractivity contribution in [2.24, 2.45) is 5.92 Å². The summed E-state index contributed by atoms with van der Waals surface area (Å²) >= 11 is 1.94. The van der Waals surface area contributed by atoms with Gasteiger partial charge in [0.1, 0.15) is 6.04 Å². The fourth-order valence-electron chi connectivity index (χ4n) is 2.70. The third-order valence-electron chi connectivity index (χ3n) is 3.71. The molecular formula is C11H19NO2S. The van der Waals surface area contributed by atoms with E-state index in [0.29, 0.717) is 5.92 Å². The quantitative estimate of drug-likeness (QED) is 0.722. The van der Waals surface area contributed by atoms with E-state index in [9.17, 15) is 4.79 Å². The molecular weight excluding hydrogens is 210 g/mol. The predicted molar refractivity (Wildman–Crippen MR) is 62.0 cm³/mol. The van der Waals surface area contributed by atoms with Gasteiger partial charge in [-0.15, -0.1) is 11.8 Å². The topological polar surface area (TPSA) is 49.3 Å². The number of aliphatic carboxylic acids is 1. The summed E-state index contributed by atoms with van der Waals surface area (Å²) in [7, 11) is 0. The smallest absolute Gasteiger partial charge is 0.320 e. The molecule has 2 rings (SSSR count). The maximum Gasteiger partial charge on any atom is 0.320 e. The molecule has 1 spiro atoms. The Morgan fingerprint density at radius 1 is 1.47 bits per heavy atom. The minimum Gasteiger partial charge on any atom is -0.480 e. The Morgan fingerprint density at radius 3 is 2.93 bits per heavy atom. The van der Waals surface area contributed by atoms with Crippen LogP contribution in [0, 0.1) is 5.92 Å². The Balaban J connectivity index is 2.09. The highest BCUT2D eigenvalue weighted by molar-refractivity contribution is 8.00. The molecule has 4 heteroatoms. The minimum absolute atomic E-state index is 0.0551. The molecule has 1 aliphatic carbocycles. The normalized spacial score (nSPS) is 41.7. The van der Waals surface area contributed by atoms with Gasteiger partial charge in [-0.2, -0.15) is 0 Å². The first kappa shape index (κ1) is 11.3. The maximum atomic E-state index is 11.0. The van der Waals surface area contributed by atoms with Crippen LogP contribution in [0.5, 0.6) is 0 Å². The fraction of sp³-hybridized carbons (Fsp3) is 0.909. The van der Waals surface area contributed by atoms with Crippen molar-refractivity contribution in [3.05, 3.63) is 0 Å². The van der Waals surface area contributed by atoms with E-state index >= 15 is 0 Å². The molecule has 15 heavy (non-hydrogen) atoms. The summed E-state index contributed by atoms with van der Waals surface area (Å²) in [5, 5.41) is 12.4. The molecule has 2 aliphatic rings. The van der Waals surface area contributed by atoms with Gasteiger partial charge in [-0.3, -0.25) is 10.1 Å². The fourth-order valence-corrected chi connectivity index (χ4v) is 4.33. The Bertz CT molecular complexity index is 255. The summed E-state index contributed by atoms with van der Waals surface area (Å²) in [6.07, 6.45) is 5.64. The number of carboxylic acids is 1. The monoisotopic (exact) mass is 229 g/mol. The minimum atomic E-state index is -0.688. The molecule has 0 radical (unpaired) electrons. The molecule has 2 fully saturated rings. The average molecular weight is 229 g/mol. The molecule has 0 bridgehead atoms. The van der Waals surface area contributed by atoms with E-state index in [-0.39, 0.29) is 10.9 Å². The average Bonchev–Trinajstić information content (AvgIpc) is 2.23. The van der Waals surface area contributed by atoms with Crippen LogP contribution in [-0.4, -0.2) is 27.7 Å². The van der Waals surface area contributed by atoms with Crippen LogP contribution in [0.15, 0.2) is 0 Å². The van der Waals surface area contributed by atoms with Crippen molar-refractivity contribution in [2.45, 2.75) is 49.9 Å². The molecule has 1 saturated heterocycles. The van der Waals surface area contributed by atoms with Crippen LogP contribution in [-0.2, 0) is 4.79 Å². The van der Waals surface area contributed by atoms with Crippen molar-refractivity contribution in [1.82, 2.24) is 5.32 Å². The zero-order valence-electron chi connectivity index (χ0n) is 9.16. The van der Waals surface area contributed by atoms with Crippen molar-refractivity contribution >= 4 is 17.7 Å². The second-order valence-corrected chi connectivity index (χ2v) is 6.13. The van der Waals surface area contributed by atoms with E-state index < -0.39 is 5.97 Å². The van der Waals surface area contributed by atoms with Crippen LogP contribution in [0.3, 0.4) is 0 Å². The molecule has 2 N–H and O–H groups in total. The number of thioether (sulfide) groups is 1. The highest BCUT2D eigenvalue weighted by Crippen LogP contribution is 2.44. The summed E-state index contributed by atoms with van der Waals surface area (Å²) in [6.45, 7) is 2.25. The van der Waals surface area contributed by atoms with Gasteiger partial charge in [0.25, 0.3) is 0 Å². The Kier molecular flexibility index (Phi) is 3.26. The molecule has 0 amide bonds. The number of carbonyl (C=O) groups is 1. The molecule has 1 saturated carbocycles. The van der Waals surface area contributed by atoms with Gasteiger partial charge in [-0.25, -0.2) is 0 Å².